The maximum absolute atomic E-state index is 13.4. The number of imide groups is 2. The smallest absolute Gasteiger partial charge is 0.261 e. The van der Waals surface area contributed by atoms with E-state index in [4.69, 9.17) is 0 Å². The molecule has 1 rings (SSSR count). The average molecular weight is 382 g/mol. The van der Waals surface area contributed by atoms with Gasteiger partial charge in [0.2, 0.25) is 12.3 Å². The third-order valence-corrected chi connectivity index (χ3v) is 3.53. The number of halogens is 1. The topological polar surface area (TPSA) is 83.6 Å². The Morgan fingerprint density at radius 3 is 2.22 bits per heavy atom. The fourth-order valence-electron chi connectivity index (χ4n) is 2.31. The van der Waals surface area contributed by atoms with E-state index in [2.05, 4.69) is 6.58 Å². The molecule has 0 radical (unpaired) electrons. The summed E-state index contributed by atoms with van der Waals surface area (Å²) in [5, 5.41) is 1.99. The Morgan fingerprint density at radius 1 is 1.22 bits per heavy atom. The molecule has 6 nitrogen and oxygen atoms in total. The van der Waals surface area contributed by atoms with Crippen molar-refractivity contribution in [3.8, 4) is 0 Å². The van der Waals surface area contributed by atoms with E-state index < -0.39 is 29.6 Å². The lowest BCUT2D eigenvalue weighted by molar-refractivity contribution is -0.140. The Bertz CT molecular complexity index is 609. The molecule has 7 heteroatoms. The van der Waals surface area contributed by atoms with E-state index in [9.17, 15) is 23.6 Å². The van der Waals surface area contributed by atoms with Crippen molar-refractivity contribution in [2.45, 2.75) is 66.8 Å². The van der Waals surface area contributed by atoms with Crippen LogP contribution in [0.4, 0.5) is 4.39 Å². The van der Waals surface area contributed by atoms with Crippen LogP contribution in [0.2, 0.25) is 0 Å². The van der Waals surface area contributed by atoms with Crippen LogP contribution in [0.1, 0.15) is 60.8 Å². The predicted molar refractivity (Wildman–Crippen MR) is 104 cm³/mol. The number of nitrogens with one attached hydrogen (secondary N) is 1. The van der Waals surface area contributed by atoms with Gasteiger partial charge in [0, 0.05) is 18.0 Å². The lowest BCUT2D eigenvalue weighted by atomic mass is 10.1. The maximum Gasteiger partial charge on any atom is 0.261 e. The Balaban J connectivity index is 0. The van der Waals surface area contributed by atoms with Crippen LogP contribution in [-0.4, -0.2) is 35.1 Å². The summed E-state index contributed by atoms with van der Waals surface area (Å²) in [6, 6.07) is -0.549. The molecule has 1 atom stereocenters. The van der Waals surface area contributed by atoms with Crippen molar-refractivity contribution in [1.82, 2.24) is 10.2 Å². The first-order chi connectivity index (χ1) is 12.9. The normalized spacial score (nSPS) is 14.6. The highest BCUT2D eigenvalue weighted by molar-refractivity contribution is 6.20. The number of hydrogen-bond donors (Lipinski definition) is 1. The van der Waals surface area contributed by atoms with Crippen LogP contribution in [0.5, 0.6) is 0 Å². The van der Waals surface area contributed by atoms with Gasteiger partial charge in [-0.25, -0.2) is 4.39 Å². The first-order valence-electron chi connectivity index (χ1n) is 9.21. The van der Waals surface area contributed by atoms with Crippen LogP contribution in [0.25, 0.3) is 0 Å². The minimum atomic E-state index is -0.702. The first kappa shape index (κ1) is 26.7. The van der Waals surface area contributed by atoms with Crippen molar-refractivity contribution in [2.24, 2.45) is 0 Å². The van der Waals surface area contributed by atoms with E-state index in [0.717, 1.165) is 17.1 Å². The zero-order valence-corrected chi connectivity index (χ0v) is 17.1. The number of rotatable bonds is 8. The quantitative estimate of drug-likeness (QED) is 0.395. The van der Waals surface area contributed by atoms with Crippen LogP contribution in [0.3, 0.4) is 0 Å². The molecule has 152 valence electrons. The molecule has 0 aliphatic carbocycles. The molecule has 1 unspecified atom stereocenters. The van der Waals surface area contributed by atoms with E-state index in [-0.39, 0.29) is 36.8 Å². The van der Waals surface area contributed by atoms with Gasteiger partial charge in [0.1, 0.15) is 5.83 Å². The lowest BCUT2D eigenvalue weighted by Gasteiger charge is -2.23. The summed E-state index contributed by atoms with van der Waals surface area (Å²) in [6.45, 7) is 14.6. The van der Waals surface area contributed by atoms with Crippen molar-refractivity contribution >= 4 is 24.1 Å². The number of carbonyl (C=O) groups is 4. The summed E-state index contributed by atoms with van der Waals surface area (Å²) in [7, 11) is 0. The van der Waals surface area contributed by atoms with E-state index in [1.54, 1.807) is 13.8 Å². The predicted octanol–water partition coefficient (Wildman–Crippen LogP) is 3.59. The standard InChI is InChI=1S/C16H19FN2O4.2C2H6/c1-4-11(17)8-13-12(5-2)15(22)19(16(13)23)10(3)6-7-14(21)18-9-20;2*1-2/h4,8-10H,1,5-7H2,2-3H3,(H,18,20,21);2*1-2H3/b11-8+;;. The number of nitrogens with zero attached hydrogens (tertiary/aromatic N) is 1. The van der Waals surface area contributed by atoms with Gasteiger partial charge in [-0.1, -0.05) is 41.2 Å². The van der Waals surface area contributed by atoms with E-state index in [1.165, 1.54) is 0 Å². The van der Waals surface area contributed by atoms with Crippen molar-refractivity contribution in [2.75, 3.05) is 0 Å². The molecule has 27 heavy (non-hydrogen) atoms. The summed E-state index contributed by atoms with van der Waals surface area (Å²) >= 11 is 0. The summed E-state index contributed by atoms with van der Waals surface area (Å²) in [6.07, 6.45) is 2.71. The average Bonchev–Trinajstić information content (AvgIpc) is 2.92. The van der Waals surface area contributed by atoms with E-state index >= 15 is 0 Å². The van der Waals surface area contributed by atoms with Crippen LogP contribution in [-0.2, 0) is 19.2 Å². The SMILES string of the molecule is C=C/C(F)=C\C1=C(CC)C(=O)N(C(C)CCC(=O)NC=O)C1=O.CC.CC. The number of amides is 4. The highest BCUT2D eigenvalue weighted by atomic mass is 19.1. The molecule has 1 aliphatic rings. The van der Waals surface area contributed by atoms with Crippen molar-refractivity contribution in [1.29, 1.82) is 0 Å². The Hall–Kier alpha value is -2.57. The van der Waals surface area contributed by atoms with Gasteiger partial charge in [-0.05, 0) is 31.9 Å². The van der Waals surface area contributed by atoms with Gasteiger partial charge in [-0.3, -0.25) is 29.4 Å². The Labute approximate surface area is 161 Å². The van der Waals surface area contributed by atoms with Crippen molar-refractivity contribution in [3.63, 3.8) is 0 Å². The minimum absolute atomic E-state index is 0.00931. The van der Waals surface area contributed by atoms with E-state index in [1.807, 2.05) is 33.0 Å². The molecule has 0 fully saturated rings. The third kappa shape index (κ3) is 7.68. The summed E-state index contributed by atoms with van der Waals surface area (Å²) in [5.41, 5.74) is 0.246. The second-order valence-corrected chi connectivity index (χ2v) is 5.03. The second kappa shape index (κ2) is 14.6. The Morgan fingerprint density at radius 2 is 1.78 bits per heavy atom. The number of carbonyl (C=O) groups excluding carboxylic acids is 4. The highest BCUT2D eigenvalue weighted by Crippen LogP contribution is 2.28. The molecule has 0 saturated carbocycles. The molecule has 0 aromatic rings. The minimum Gasteiger partial charge on any atom is -0.299 e. The first-order valence-corrected chi connectivity index (χ1v) is 9.21. The van der Waals surface area contributed by atoms with Gasteiger partial charge in [0.05, 0.1) is 5.57 Å². The molecular weight excluding hydrogens is 351 g/mol. The van der Waals surface area contributed by atoms with Gasteiger partial charge in [-0.2, -0.15) is 0 Å². The monoisotopic (exact) mass is 382 g/mol. The van der Waals surface area contributed by atoms with Crippen LogP contribution in [0.15, 0.2) is 35.7 Å². The van der Waals surface area contributed by atoms with Gasteiger partial charge in [-0.15, -0.1) is 0 Å². The molecule has 1 N–H and O–H groups in total. The Kier molecular flexibility index (Phi) is 14.4. The lowest BCUT2D eigenvalue weighted by Crippen LogP contribution is -2.40. The number of hydrogen-bond acceptors (Lipinski definition) is 4. The van der Waals surface area contributed by atoms with Crippen molar-refractivity contribution in [3.05, 3.63) is 35.7 Å². The largest absolute Gasteiger partial charge is 0.299 e. The summed E-state index contributed by atoms with van der Waals surface area (Å²) < 4.78 is 13.4. The maximum atomic E-state index is 13.4. The molecule has 0 aromatic heterocycles. The molecule has 0 spiro atoms. The fraction of sp³-hybridized carbons (Fsp3) is 0.500. The molecule has 0 saturated heterocycles. The van der Waals surface area contributed by atoms with Gasteiger partial charge in [0.25, 0.3) is 11.8 Å². The van der Waals surface area contributed by atoms with Gasteiger partial charge < -0.3 is 0 Å². The zero-order chi connectivity index (χ0) is 21.6. The molecule has 0 aromatic carbocycles. The summed E-state index contributed by atoms with van der Waals surface area (Å²) in [5.74, 6) is -2.27. The number of allylic oxidation sites excluding steroid dienone is 2. The highest BCUT2D eigenvalue weighted by Gasteiger charge is 2.39. The van der Waals surface area contributed by atoms with Gasteiger partial charge >= 0.3 is 0 Å². The van der Waals surface area contributed by atoms with Crippen LogP contribution >= 0.6 is 0 Å². The molecule has 1 aliphatic heterocycles. The fourth-order valence-corrected chi connectivity index (χ4v) is 2.31. The second-order valence-electron chi connectivity index (χ2n) is 5.03. The van der Waals surface area contributed by atoms with E-state index in [0.29, 0.717) is 0 Å². The molecule has 0 bridgehead atoms. The van der Waals surface area contributed by atoms with Gasteiger partial charge in [0.15, 0.2) is 0 Å². The molecular formula is C20H31FN2O4. The van der Waals surface area contributed by atoms with Crippen LogP contribution in [0, 0.1) is 0 Å². The third-order valence-electron chi connectivity index (χ3n) is 3.53. The summed E-state index contributed by atoms with van der Waals surface area (Å²) in [4.78, 5) is 47.2. The molecule has 4 amide bonds. The van der Waals surface area contributed by atoms with Crippen molar-refractivity contribution < 1.29 is 23.6 Å². The molecule has 1 heterocycles. The zero-order valence-electron chi connectivity index (χ0n) is 17.1. The van der Waals surface area contributed by atoms with Crippen LogP contribution < -0.4 is 5.32 Å².